The molecule has 1 aromatic heterocycles. The van der Waals surface area contributed by atoms with Gasteiger partial charge in [0.1, 0.15) is 5.69 Å². The van der Waals surface area contributed by atoms with E-state index < -0.39 is 0 Å². The Morgan fingerprint density at radius 3 is 3.20 bits per heavy atom. The third-order valence-electron chi connectivity index (χ3n) is 3.22. The molecule has 1 fully saturated rings. The van der Waals surface area contributed by atoms with Crippen LogP contribution in [0.2, 0.25) is 0 Å². The van der Waals surface area contributed by atoms with Gasteiger partial charge in [-0.1, -0.05) is 13.3 Å². The number of unbranched alkanes of at least 4 members (excludes halogenated alkanes) is 1. The maximum Gasteiger partial charge on any atom is 0.270 e. The minimum atomic E-state index is -0.179. The second-order valence-corrected chi connectivity index (χ2v) is 4.89. The van der Waals surface area contributed by atoms with E-state index in [0.717, 1.165) is 38.8 Å². The fourth-order valence-electron chi connectivity index (χ4n) is 2.05. The van der Waals surface area contributed by atoms with Crippen molar-refractivity contribution in [2.24, 2.45) is 0 Å². The van der Waals surface area contributed by atoms with Crippen molar-refractivity contribution >= 4 is 11.9 Å². The quantitative estimate of drug-likeness (QED) is 0.741. The van der Waals surface area contributed by atoms with Gasteiger partial charge in [0, 0.05) is 25.9 Å². The maximum absolute atomic E-state index is 12.0. The summed E-state index contributed by atoms with van der Waals surface area (Å²) >= 11 is 0. The van der Waals surface area contributed by atoms with E-state index in [0.29, 0.717) is 18.2 Å². The first-order chi connectivity index (χ1) is 9.79. The normalized spacial score (nSPS) is 17.9. The first kappa shape index (κ1) is 14.7. The van der Waals surface area contributed by atoms with Crippen LogP contribution < -0.4 is 10.6 Å². The van der Waals surface area contributed by atoms with Crippen molar-refractivity contribution in [2.45, 2.75) is 38.7 Å². The summed E-state index contributed by atoms with van der Waals surface area (Å²) in [5.41, 5.74) is 0.386. The van der Waals surface area contributed by atoms with Gasteiger partial charge in [-0.2, -0.15) is 0 Å². The molecule has 0 saturated carbocycles. The highest BCUT2D eigenvalue weighted by Gasteiger charge is 2.17. The standard InChI is InChI=1S/C14H22N4O2/c1-2-3-7-15-14-16-8-6-12(18-14)13(19)17-10-11-5-4-9-20-11/h6,8,11H,2-5,7,9-10H2,1H3,(H,17,19)(H,15,16,18). The molecule has 0 radical (unpaired) electrons. The molecular weight excluding hydrogens is 256 g/mol. The molecule has 1 unspecified atom stereocenters. The van der Waals surface area contributed by atoms with Gasteiger partial charge in [-0.15, -0.1) is 0 Å². The summed E-state index contributed by atoms with van der Waals surface area (Å²) in [6.45, 7) is 4.27. The highest BCUT2D eigenvalue weighted by molar-refractivity contribution is 5.92. The second-order valence-electron chi connectivity index (χ2n) is 4.89. The van der Waals surface area contributed by atoms with Gasteiger partial charge in [0.25, 0.3) is 5.91 Å². The molecule has 20 heavy (non-hydrogen) atoms. The van der Waals surface area contributed by atoms with Gasteiger partial charge >= 0.3 is 0 Å². The summed E-state index contributed by atoms with van der Waals surface area (Å²) in [7, 11) is 0. The lowest BCUT2D eigenvalue weighted by Gasteiger charge is -2.10. The number of hydrogen-bond acceptors (Lipinski definition) is 5. The maximum atomic E-state index is 12.0. The summed E-state index contributed by atoms with van der Waals surface area (Å²) in [4.78, 5) is 20.3. The van der Waals surface area contributed by atoms with E-state index in [1.807, 2.05) is 0 Å². The third kappa shape index (κ3) is 4.45. The van der Waals surface area contributed by atoms with E-state index in [1.165, 1.54) is 0 Å². The van der Waals surface area contributed by atoms with Crippen LogP contribution in [0.4, 0.5) is 5.95 Å². The summed E-state index contributed by atoms with van der Waals surface area (Å²) in [5.74, 6) is 0.324. The highest BCUT2D eigenvalue weighted by atomic mass is 16.5. The largest absolute Gasteiger partial charge is 0.376 e. The number of aromatic nitrogens is 2. The predicted octanol–water partition coefficient (Wildman–Crippen LogP) is 1.60. The van der Waals surface area contributed by atoms with Gasteiger partial charge in [0.05, 0.1) is 6.10 Å². The Morgan fingerprint density at radius 1 is 1.55 bits per heavy atom. The Kier molecular flexibility index (Phi) is 5.73. The van der Waals surface area contributed by atoms with Crippen LogP contribution in [0.5, 0.6) is 0 Å². The molecule has 0 spiro atoms. The molecular formula is C14H22N4O2. The zero-order valence-corrected chi connectivity index (χ0v) is 11.9. The molecule has 1 saturated heterocycles. The number of amides is 1. The van der Waals surface area contributed by atoms with E-state index in [1.54, 1.807) is 12.3 Å². The number of nitrogens with zero attached hydrogens (tertiary/aromatic N) is 2. The van der Waals surface area contributed by atoms with E-state index in [2.05, 4.69) is 27.5 Å². The van der Waals surface area contributed by atoms with Crippen LogP contribution in [0, 0.1) is 0 Å². The molecule has 0 aromatic carbocycles. The van der Waals surface area contributed by atoms with Crippen LogP contribution in [0.25, 0.3) is 0 Å². The summed E-state index contributed by atoms with van der Waals surface area (Å²) in [6.07, 6.45) is 5.98. The zero-order chi connectivity index (χ0) is 14.2. The lowest BCUT2D eigenvalue weighted by Crippen LogP contribution is -2.32. The number of anilines is 1. The minimum absolute atomic E-state index is 0.142. The summed E-state index contributed by atoms with van der Waals surface area (Å²) < 4.78 is 5.47. The average Bonchev–Trinajstić information content (AvgIpc) is 2.99. The van der Waals surface area contributed by atoms with Gasteiger partial charge in [-0.05, 0) is 25.3 Å². The number of nitrogens with one attached hydrogen (secondary N) is 2. The number of hydrogen-bond donors (Lipinski definition) is 2. The summed E-state index contributed by atoms with van der Waals surface area (Å²) in [6, 6.07) is 1.62. The van der Waals surface area contributed by atoms with Crippen LogP contribution >= 0.6 is 0 Å². The van der Waals surface area contributed by atoms with E-state index >= 15 is 0 Å². The van der Waals surface area contributed by atoms with E-state index in [9.17, 15) is 4.79 Å². The van der Waals surface area contributed by atoms with E-state index in [-0.39, 0.29) is 12.0 Å². The first-order valence-corrected chi connectivity index (χ1v) is 7.26. The van der Waals surface area contributed by atoms with Crippen molar-refractivity contribution < 1.29 is 9.53 Å². The molecule has 1 amide bonds. The molecule has 6 heteroatoms. The fourth-order valence-corrected chi connectivity index (χ4v) is 2.05. The first-order valence-electron chi connectivity index (χ1n) is 7.26. The lowest BCUT2D eigenvalue weighted by molar-refractivity contribution is 0.0853. The third-order valence-corrected chi connectivity index (χ3v) is 3.22. The molecule has 1 aromatic rings. The van der Waals surface area contributed by atoms with Crippen LogP contribution in [-0.4, -0.2) is 41.7 Å². The number of carbonyl (C=O) groups is 1. The van der Waals surface area contributed by atoms with Crippen molar-refractivity contribution in [1.29, 1.82) is 0 Å². The second kappa shape index (κ2) is 7.79. The summed E-state index contributed by atoms with van der Waals surface area (Å²) in [5, 5.41) is 5.96. The molecule has 1 aliphatic heterocycles. The molecule has 2 N–H and O–H groups in total. The molecule has 2 rings (SSSR count). The molecule has 1 atom stereocenters. The Labute approximate surface area is 119 Å². The Morgan fingerprint density at radius 2 is 2.45 bits per heavy atom. The number of rotatable bonds is 7. The Bertz CT molecular complexity index is 433. The van der Waals surface area contributed by atoms with Crippen molar-refractivity contribution in [3.8, 4) is 0 Å². The number of ether oxygens (including phenoxy) is 1. The van der Waals surface area contributed by atoms with E-state index in [4.69, 9.17) is 4.74 Å². The van der Waals surface area contributed by atoms with Gasteiger partial charge in [-0.3, -0.25) is 4.79 Å². The number of carbonyl (C=O) groups excluding carboxylic acids is 1. The predicted molar refractivity (Wildman–Crippen MR) is 76.7 cm³/mol. The van der Waals surface area contributed by atoms with Crippen molar-refractivity contribution in [2.75, 3.05) is 25.0 Å². The van der Waals surface area contributed by atoms with Crippen LogP contribution in [0.15, 0.2) is 12.3 Å². The fraction of sp³-hybridized carbons (Fsp3) is 0.643. The zero-order valence-electron chi connectivity index (χ0n) is 11.9. The van der Waals surface area contributed by atoms with Crippen molar-refractivity contribution in [3.05, 3.63) is 18.0 Å². The molecule has 6 nitrogen and oxygen atoms in total. The van der Waals surface area contributed by atoms with Crippen LogP contribution in [0.1, 0.15) is 43.1 Å². The lowest BCUT2D eigenvalue weighted by atomic mass is 10.2. The average molecular weight is 278 g/mol. The molecule has 0 bridgehead atoms. The van der Waals surface area contributed by atoms with Gasteiger partial charge in [0.2, 0.25) is 5.95 Å². The minimum Gasteiger partial charge on any atom is -0.376 e. The van der Waals surface area contributed by atoms with Crippen LogP contribution in [-0.2, 0) is 4.74 Å². The SMILES string of the molecule is CCCCNc1nccc(C(=O)NCC2CCCO2)n1. The monoisotopic (exact) mass is 278 g/mol. The molecule has 2 heterocycles. The van der Waals surface area contributed by atoms with Gasteiger partial charge in [-0.25, -0.2) is 9.97 Å². The molecule has 110 valence electrons. The Hall–Kier alpha value is -1.69. The van der Waals surface area contributed by atoms with Crippen molar-refractivity contribution in [3.63, 3.8) is 0 Å². The van der Waals surface area contributed by atoms with Gasteiger partial charge in [0.15, 0.2) is 0 Å². The molecule has 0 aliphatic carbocycles. The smallest absolute Gasteiger partial charge is 0.270 e. The van der Waals surface area contributed by atoms with Crippen molar-refractivity contribution in [1.82, 2.24) is 15.3 Å². The van der Waals surface area contributed by atoms with Crippen LogP contribution in [0.3, 0.4) is 0 Å². The molecule has 1 aliphatic rings. The topological polar surface area (TPSA) is 76.1 Å². The Balaban J connectivity index is 1.83. The highest BCUT2D eigenvalue weighted by Crippen LogP contribution is 2.10. The van der Waals surface area contributed by atoms with Gasteiger partial charge < -0.3 is 15.4 Å².